The van der Waals surface area contributed by atoms with Gasteiger partial charge in [0.2, 0.25) is 0 Å². The van der Waals surface area contributed by atoms with Crippen molar-refractivity contribution in [1.82, 2.24) is 9.97 Å². The van der Waals surface area contributed by atoms with E-state index in [1.807, 2.05) is 30.5 Å². The molecule has 4 aromatic rings. The number of aromatic nitrogens is 2. The maximum Gasteiger partial charge on any atom is 0.352 e. The van der Waals surface area contributed by atoms with Gasteiger partial charge in [-0.05, 0) is 41.8 Å². The Balaban J connectivity index is 1.29. The summed E-state index contributed by atoms with van der Waals surface area (Å²) in [5.41, 5.74) is 9.35. The van der Waals surface area contributed by atoms with E-state index < -0.39 is 11.8 Å². The second-order valence-corrected chi connectivity index (χ2v) is 7.83. The molecule has 5 rings (SSSR count). The Morgan fingerprint density at radius 3 is 2.81 bits per heavy atom. The SMILES string of the molecule is N[C@@H](COc1cncc(-c2ccc3c(c2)C(F)(F)C(=O)N3)c1)Cc1c[nH]c2ccccc12. The van der Waals surface area contributed by atoms with Gasteiger partial charge >= 0.3 is 5.92 Å². The molecule has 0 aliphatic carbocycles. The molecular formula is C24H20F2N4O2. The quantitative estimate of drug-likeness (QED) is 0.424. The van der Waals surface area contributed by atoms with E-state index in [-0.39, 0.29) is 23.9 Å². The largest absolute Gasteiger partial charge is 0.490 e. The number of nitrogens with zero attached hydrogens (tertiary/aromatic N) is 1. The summed E-state index contributed by atoms with van der Waals surface area (Å²) >= 11 is 0. The number of pyridine rings is 1. The van der Waals surface area contributed by atoms with Crippen LogP contribution in [0.3, 0.4) is 0 Å². The number of amides is 1. The number of alkyl halides is 2. The van der Waals surface area contributed by atoms with Gasteiger partial charge in [0.25, 0.3) is 5.91 Å². The zero-order chi connectivity index (χ0) is 22.3. The van der Waals surface area contributed by atoms with Crippen molar-refractivity contribution < 1.29 is 18.3 Å². The lowest BCUT2D eigenvalue weighted by Crippen LogP contribution is -2.30. The highest BCUT2D eigenvalue weighted by molar-refractivity contribution is 6.04. The van der Waals surface area contributed by atoms with Crippen LogP contribution in [0.4, 0.5) is 14.5 Å². The number of fused-ring (bicyclic) bond motifs is 2. The lowest BCUT2D eigenvalue weighted by molar-refractivity contribution is -0.139. The number of hydrogen-bond acceptors (Lipinski definition) is 4. The fraction of sp³-hybridized carbons (Fsp3) is 0.167. The van der Waals surface area contributed by atoms with E-state index in [9.17, 15) is 13.6 Å². The Hall–Kier alpha value is -3.78. The first-order chi connectivity index (χ1) is 15.4. The maximum atomic E-state index is 14.1. The van der Waals surface area contributed by atoms with Crippen LogP contribution in [-0.2, 0) is 17.1 Å². The molecule has 2 aromatic heterocycles. The molecule has 32 heavy (non-hydrogen) atoms. The summed E-state index contributed by atoms with van der Waals surface area (Å²) in [7, 11) is 0. The molecule has 0 bridgehead atoms. The first kappa shape index (κ1) is 20.1. The molecule has 1 atom stereocenters. The molecule has 4 N–H and O–H groups in total. The number of rotatable bonds is 6. The number of hydrogen-bond donors (Lipinski definition) is 3. The second kappa shape index (κ2) is 7.72. The van der Waals surface area contributed by atoms with Crippen LogP contribution in [0.2, 0.25) is 0 Å². The van der Waals surface area contributed by atoms with Crippen molar-refractivity contribution in [2.75, 3.05) is 11.9 Å². The minimum Gasteiger partial charge on any atom is -0.490 e. The average molecular weight is 434 g/mol. The van der Waals surface area contributed by atoms with Crippen molar-refractivity contribution in [3.8, 4) is 16.9 Å². The van der Waals surface area contributed by atoms with Crippen LogP contribution in [0.1, 0.15) is 11.1 Å². The van der Waals surface area contributed by atoms with Gasteiger partial charge in [-0.25, -0.2) is 0 Å². The molecule has 1 amide bonds. The summed E-state index contributed by atoms with van der Waals surface area (Å²) in [5, 5.41) is 3.33. The van der Waals surface area contributed by atoms with Crippen LogP contribution in [0.25, 0.3) is 22.0 Å². The third-order valence-electron chi connectivity index (χ3n) is 5.56. The lowest BCUT2D eigenvalue weighted by atomic mass is 10.0. The van der Waals surface area contributed by atoms with Crippen LogP contribution >= 0.6 is 0 Å². The molecule has 1 aliphatic heterocycles. The molecule has 1 aliphatic rings. The second-order valence-electron chi connectivity index (χ2n) is 7.83. The molecule has 2 aromatic carbocycles. The van der Waals surface area contributed by atoms with Crippen molar-refractivity contribution in [3.63, 3.8) is 0 Å². The number of benzene rings is 2. The van der Waals surface area contributed by atoms with Gasteiger partial charge in [-0.15, -0.1) is 0 Å². The molecule has 0 radical (unpaired) electrons. The molecule has 3 heterocycles. The van der Waals surface area contributed by atoms with Crippen molar-refractivity contribution in [2.45, 2.75) is 18.4 Å². The lowest BCUT2D eigenvalue weighted by Gasteiger charge is -2.14. The maximum absolute atomic E-state index is 14.1. The van der Waals surface area contributed by atoms with E-state index in [2.05, 4.69) is 15.3 Å². The monoisotopic (exact) mass is 434 g/mol. The Morgan fingerprint density at radius 1 is 1.09 bits per heavy atom. The molecule has 0 fully saturated rings. The molecule has 0 spiro atoms. The van der Waals surface area contributed by atoms with Gasteiger partial charge < -0.3 is 20.8 Å². The standard InChI is InChI=1S/C24H20F2N4O2/c25-24(26)20-9-14(5-6-22(20)30-23(24)31)15-8-18(12-28-10-15)32-13-17(27)7-16-11-29-21-4-2-1-3-19(16)21/h1-6,8-12,17,29H,7,13,27H2,(H,30,31)/t17-/m1/s1. The molecule has 0 saturated carbocycles. The van der Waals surface area contributed by atoms with Gasteiger partial charge in [0, 0.05) is 34.9 Å². The van der Waals surface area contributed by atoms with E-state index in [0.29, 0.717) is 23.3 Å². The molecule has 162 valence electrons. The number of nitrogens with two attached hydrogens (primary N) is 1. The number of para-hydroxylation sites is 1. The summed E-state index contributed by atoms with van der Waals surface area (Å²) in [6.07, 6.45) is 5.70. The topological polar surface area (TPSA) is 93.0 Å². The van der Waals surface area contributed by atoms with Gasteiger partial charge in [0.15, 0.2) is 0 Å². The van der Waals surface area contributed by atoms with Crippen molar-refractivity contribution >= 4 is 22.5 Å². The number of halogens is 2. The van der Waals surface area contributed by atoms with Crippen LogP contribution in [0, 0.1) is 0 Å². The summed E-state index contributed by atoms with van der Waals surface area (Å²) in [5.74, 6) is -4.38. The molecular weight excluding hydrogens is 414 g/mol. The summed E-state index contributed by atoms with van der Waals surface area (Å²) < 4.78 is 34.0. The van der Waals surface area contributed by atoms with Crippen LogP contribution in [-0.4, -0.2) is 28.5 Å². The minimum atomic E-state index is -3.55. The molecule has 0 unspecified atom stereocenters. The summed E-state index contributed by atoms with van der Waals surface area (Å²) in [6.45, 7) is 0.269. The number of carbonyl (C=O) groups excluding carboxylic acids is 1. The highest BCUT2D eigenvalue weighted by atomic mass is 19.3. The Labute approximate surface area is 182 Å². The number of nitrogens with one attached hydrogen (secondary N) is 2. The number of aromatic amines is 1. The van der Waals surface area contributed by atoms with Crippen molar-refractivity contribution in [1.29, 1.82) is 0 Å². The van der Waals surface area contributed by atoms with Crippen LogP contribution in [0.15, 0.2) is 67.1 Å². The molecule has 8 heteroatoms. The Morgan fingerprint density at radius 2 is 1.94 bits per heavy atom. The zero-order valence-electron chi connectivity index (χ0n) is 16.9. The fourth-order valence-corrected chi connectivity index (χ4v) is 3.92. The van der Waals surface area contributed by atoms with Gasteiger partial charge in [-0.1, -0.05) is 24.3 Å². The predicted molar refractivity (Wildman–Crippen MR) is 118 cm³/mol. The minimum absolute atomic E-state index is 0.118. The van der Waals surface area contributed by atoms with E-state index >= 15 is 0 Å². The number of ether oxygens (including phenoxy) is 1. The van der Waals surface area contributed by atoms with Crippen LogP contribution < -0.4 is 15.8 Å². The third-order valence-corrected chi connectivity index (χ3v) is 5.56. The van der Waals surface area contributed by atoms with Crippen molar-refractivity contribution in [2.24, 2.45) is 5.73 Å². The first-order valence-electron chi connectivity index (χ1n) is 10.1. The number of H-pyrrole nitrogens is 1. The van der Waals surface area contributed by atoms with Gasteiger partial charge in [-0.2, -0.15) is 8.78 Å². The zero-order valence-corrected chi connectivity index (χ0v) is 16.9. The van der Waals surface area contributed by atoms with Crippen LogP contribution in [0.5, 0.6) is 5.75 Å². The molecule has 6 nitrogen and oxygen atoms in total. The fourth-order valence-electron chi connectivity index (χ4n) is 3.92. The Kier molecular flexibility index (Phi) is 4.86. The van der Waals surface area contributed by atoms with Crippen molar-refractivity contribution in [3.05, 3.63) is 78.2 Å². The molecule has 0 saturated heterocycles. The smallest absolute Gasteiger partial charge is 0.352 e. The summed E-state index contributed by atoms with van der Waals surface area (Å²) in [6, 6.07) is 13.9. The summed E-state index contributed by atoms with van der Waals surface area (Å²) in [4.78, 5) is 18.9. The van der Waals surface area contributed by atoms with E-state index in [0.717, 1.165) is 16.5 Å². The highest BCUT2D eigenvalue weighted by Gasteiger charge is 2.48. The van der Waals surface area contributed by atoms with Gasteiger partial charge in [0.05, 0.1) is 17.4 Å². The van der Waals surface area contributed by atoms with E-state index in [4.69, 9.17) is 10.5 Å². The van der Waals surface area contributed by atoms with Gasteiger partial charge in [0.1, 0.15) is 12.4 Å². The van der Waals surface area contributed by atoms with E-state index in [1.54, 1.807) is 24.5 Å². The third kappa shape index (κ3) is 3.58. The van der Waals surface area contributed by atoms with E-state index in [1.165, 1.54) is 12.1 Å². The predicted octanol–water partition coefficient (Wildman–Crippen LogP) is 4.22. The first-order valence-corrected chi connectivity index (χ1v) is 10.1. The Bertz CT molecular complexity index is 1320. The average Bonchev–Trinajstić information content (AvgIpc) is 3.30. The highest BCUT2D eigenvalue weighted by Crippen LogP contribution is 2.42. The normalized spacial score (nSPS) is 15.4. The number of carbonyl (C=O) groups is 1. The number of anilines is 1. The van der Waals surface area contributed by atoms with Gasteiger partial charge in [-0.3, -0.25) is 9.78 Å².